The Hall–Kier alpha value is -2.42. The highest BCUT2D eigenvalue weighted by atomic mass is 32.1. The Balaban J connectivity index is 1.91. The zero-order chi connectivity index (χ0) is 13.8. The minimum absolute atomic E-state index is 0.109. The number of nitrogens with zero attached hydrogens (tertiary/aromatic N) is 3. The topological polar surface area (TPSA) is 123 Å². The maximum atomic E-state index is 11.7. The zero-order valence-corrected chi connectivity index (χ0v) is 10.6. The van der Waals surface area contributed by atoms with Crippen LogP contribution in [0.4, 0.5) is 10.8 Å². The summed E-state index contributed by atoms with van der Waals surface area (Å²) in [5, 5.41) is 17.1. The molecule has 0 aliphatic heterocycles. The minimum Gasteiger partial charge on any atom is -0.480 e. The number of hydrogen-bond acceptors (Lipinski definition) is 6. The molecule has 19 heavy (non-hydrogen) atoms. The fourth-order valence-corrected chi connectivity index (χ4v) is 1.99. The monoisotopic (exact) mass is 281 g/mol. The van der Waals surface area contributed by atoms with Gasteiger partial charge in [-0.2, -0.15) is 5.10 Å². The molecule has 0 aliphatic carbocycles. The number of carboxylic acid groups (broad SMARTS) is 1. The molecule has 9 heteroatoms. The number of amides is 1. The van der Waals surface area contributed by atoms with Crippen molar-refractivity contribution in [2.24, 2.45) is 0 Å². The highest BCUT2D eigenvalue weighted by Gasteiger charge is 2.09. The molecule has 0 saturated heterocycles. The number of hydrogen-bond donors (Lipinski definition) is 3. The van der Waals surface area contributed by atoms with Crippen LogP contribution in [0, 0.1) is 0 Å². The Bertz CT molecular complexity index is 606. The summed E-state index contributed by atoms with van der Waals surface area (Å²) in [6.07, 6.45) is 2.94. The SMILES string of the molecule is Nc1nc(CC(=O)Nc2cnn(CC(=O)O)c2)cs1. The number of carbonyl (C=O) groups is 2. The van der Waals surface area contributed by atoms with E-state index in [9.17, 15) is 9.59 Å². The molecule has 1 amide bonds. The first-order valence-electron chi connectivity index (χ1n) is 5.27. The maximum Gasteiger partial charge on any atom is 0.325 e. The van der Waals surface area contributed by atoms with Crippen LogP contribution in [0.3, 0.4) is 0 Å². The van der Waals surface area contributed by atoms with Crippen molar-refractivity contribution in [2.45, 2.75) is 13.0 Å². The van der Waals surface area contributed by atoms with E-state index in [1.165, 1.54) is 28.4 Å². The van der Waals surface area contributed by atoms with Gasteiger partial charge in [0.15, 0.2) is 5.13 Å². The summed E-state index contributed by atoms with van der Waals surface area (Å²) in [7, 11) is 0. The molecular weight excluding hydrogens is 270 g/mol. The molecule has 2 heterocycles. The number of carboxylic acids is 1. The number of carbonyl (C=O) groups excluding carboxylic acids is 1. The molecule has 0 radical (unpaired) electrons. The third-order valence-electron chi connectivity index (χ3n) is 2.13. The molecule has 0 aromatic carbocycles. The standard InChI is InChI=1S/C10H11N5O3S/c11-10-14-6(5-19-10)1-8(16)13-7-2-12-15(3-7)4-9(17)18/h2-3,5H,1,4H2,(H2,11,14)(H,13,16)(H,17,18). The van der Waals surface area contributed by atoms with Crippen LogP contribution in [0.5, 0.6) is 0 Å². The van der Waals surface area contributed by atoms with Gasteiger partial charge in [0.05, 0.1) is 24.0 Å². The smallest absolute Gasteiger partial charge is 0.325 e. The summed E-state index contributed by atoms with van der Waals surface area (Å²) in [5.41, 5.74) is 6.50. The van der Waals surface area contributed by atoms with Crippen molar-refractivity contribution < 1.29 is 14.7 Å². The van der Waals surface area contributed by atoms with E-state index in [-0.39, 0.29) is 18.9 Å². The number of nitrogen functional groups attached to an aromatic ring is 1. The van der Waals surface area contributed by atoms with Gasteiger partial charge in [0, 0.05) is 11.6 Å². The Labute approximate surface area is 111 Å². The lowest BCUT2D eigenvalue weighted by molar-refractivity contribution is -0.137. The Kier molecular flexibility index (Phi) is 3.76. The van der Waals surface area contributed by atoms with E-state index < -0.39 is 5.97 Å². The first-order valence-corrected chi connectivity index (χ1v) is 6.15. The highest BCUT2D eigenvalue weighted by Crippen LogP contribution is 2.12. The van der Waals surface area contributed by atoms with Gasteiger partial charge in [-0.05, 0) is 0 Å². The lowest BCUT2D eigenvalue weighted by Gasteiger charge is -1.99. The Morgan fingerprint density at radius 3 is 2.95 bits per heavy atom. The second-order valence-corrected chi connectivity index (χ2v) is 4.61. The van der Waals surface area contributed by atoms with Gasteiger partial charge in [0.1, 0.15) is 6.54 Å². The van der Waals surface area contributed by atoms with Crippen LogP contribution >= 0.6 is 11.3 Å². The van der Waals surface area contributed by atoms with Crippen molar-refractivity contribution in [1.82, 2.24) is 14.8 Å². The number of rotatable bonds is 5. The summed E-state index contributed by atoms with van der Waals surface area (Å²) in [5.74, 6) is -1.26. The fraction of sp³-hybridized carbons (Fsp3) is 0.200. The van der Waals surface area contributed by atoms with Crippen molar-refractivity contribution in [3.05, 3.63) is 23.5 Å². The van der Waals surface area contributed by atoms with Crippen molar-refractivity contribution >= 4 is 34.0 Å². The molecule has 100 valence electrons. The molecular formula is C10H11N5O3S. The summed E-state index contributed by atoms with van der Waals surface area (Å²) < 4.78 is 1.22. The largest absolute Gasteiger partial charge is 0.480 e. The molecule has 0 spiro atoms. The van der Waals surface area contributed by atoms with Crippen molar-refractivity contribution in [3.63, 3.8) is 0 Å². The first-order chi connectivity index (χ1) is 9.02. The van der Waals surface area contributed by atoms with Crippen LogP contribution in [-0.4, -0.2) is 31.7 Å². The van der Waals surface area contributed by atoms with E-state index in [1.54, 1.807) is 5.38 Å². The van der Waals surface area contributed by atoms with Crippen LogP contribution in [0.2, 0.25) is 0 Å². The van der Waals surface area contributed by atoms with E-state index in [0.717, 1.165) is 0 Å². The molecule has 0 saturated carbocycles. The number of aliphatic carboxylic acids is 1. The molecule has 2 aromatic rings. The fourth-order valence-electron chi connectivity index (χ4n) is 1.43. The minimum atomic E-state index is -1.00. The molecule has 0 bridgehead atoms. The normalized spacial score (nSPS) is 10.3. The van der Waals surface area contributed by atoms with Gasteiger partial charge in [-0.1, -0.05) is 0 Å². The van der Waals surface area contributed by atoms with Crippen LogP contribution in [0.25, 0.3) is 0 Å². The van der Waals surface area contributed by atoms with E-state index >= 15 is 0 Å². The number of thiazole rings is 1. The second-order valence-electron chi connectivity index (χ2n) is 3.72. The van der Waals surface area contributed by atoms with Gasteiger partial charge in [0.2, 0.25) is 5.91 Å². The highest BCUT2D eigenvalue weighted by molar-refractivity contribution is 7.13. The number of aromatic nitrogens is 3. The molecule has 0 aliphatic rings. The predicted molar refractivity (Wildman–Crippen MR) is 68.7 cm³/mol. The molecule has 0 atom stereocenters. The van der Waals surface area contributed by atoms with Gasteiger partial charge in [-0.25, -0.2) is 4.98 Å². The summed E-state index contributed by atoms with van der Waals surface area (Å²) in [6.45, 7) is -0.251. The average molecular weight is 281 g/mol. The number of nitrogens with one attached hydrogen (secondary N) is 1. The quantitative estimate of drug-likeness (QED) is 0.718. The third kappa shape index (κ3) is 3.78. The van der Waals surface area contributed by atoms with Gasteiger partial charge in [-0.15, -0.1) is 11.3 Å². The van der Waals surface area contributed by atoms with Gasteiger partial charge < -0.3 is 16.2 Å². The lowest BCUT2D eigenvalue weighted by Crippen LogP contribution is -2.14. The van der Waals surface area contributed by atoms with E-state index in [2.05, 4.69) is 15.4 Å². The van der Waals surface area contributed by atoms with Crippen LogP contribution < -0.4 is 11.1 Å². The summed E-state index contributed by atoms with van der Waals surface area (Å²) in [4.78, 5) is 26.1. The Morgan fingerprint density at radius 2 is 2.32 bits per heavy atom. The number of anilines is 2. The molecule has 0 unspecified atom stereocenters. The average Bonchev–Trinajstić information content (AvgIpc) is 2.88. The van der Waals surface area contributed by atoms with Gasteiger partial charge >= 0.3 is 5.97 Å². The third-order valence-corrected chi connectivity index (χ3v) is 2.85. The molecule has 2 aromatic heterocycles. The molecule has 8 nitrogen and oxygen atoms in total. The molecule has 2 rings (SSSR count). The van der Waals surface area contributed by atoms with Gasteiger partial charge in [-0.3, -0.25) is 14.3 Å². The van der Waals surface area contributed by atoms with Crippen LogP contribution in [0.15, 0.2) is 17.8 Å². The van der Waals surface area contributed by atoms with Gasteiger partial charge in [0.25, 0.3) is 0 Å². The molecule has 4 N–H and O–H groups in total. The first kappa shape index (κ1) is 13.0. The van der Waals surface area contributed by atoms with Crippen molar-refractivity contribution in [3.8, 4) is 0 Å². The van der Waals surface area contributed by atoms with Crippen LogP contribution in [-0.2, 0) is 22.6 Å². The van der Waals surface area contributed by atoms with E-state index in [0.29, 0.717) is 16.5 Å². The summed E-state index contributed by atoms with van der Waals surface area (Å²) >= 11 is 1.27. The lowest BCUT2D eigenvalue weighted by atomic mass is 10.3. The summed E-state index contributed by atoms with van der Waals surface area (Å²) in [6, 6.07) is 0. The predicted octanol–water partition coefficient (Wildman–Crippen LogP) is 0.188. The molecule has 0 fully saturated rings. The van der Waals surface area contributed by atoms with E-state index in [1.807, 2.05) is 0 Å². The Morgan fingerprint density at radius 1 is 1.53 bits per heavy atom. The maximum absolute atomic E-state index is 11.7. The van der Waals surface area contributed by atoms with Crippen molar-refractivity contribution in [1.29, 1.82) is 0 Å². The van der Waals surface area contributed by atoms with Crippen LogP contribution in [0.1, 0.15) is 5.69 Å². The van der Waals surface area contributed by atoms with E-state index in [4.69, 9.17) is 10.8 Å². The second kappa shape index (κ2) is 5.48. The van der Waals surface area contributed by atoms with Crippen molar-refractivity contribution in [2.75, 3.05) is 11.1 Å². The number of nitrogens with two attached hydrogens (primary N) is 1. The zero-order valence-electron chi connectivity index (χ0n) is 9.74.